The van der Waals surface area contributed by atoms with E-state index in [4.69, 9.17) is 9.47 Å². The Morgan fingerprint density at radius 2 is 1.14 bits per heavy atom. The molecule has 0 aromatic heterocycles. The fourth-order valence-corrected chi connectivity index (χ4v) is 6.21. The zero-order valence-electron chi connectivity index (χ0n) is 26.3. The van der Waals surface area contributed by atoms with E-state index in [0.29, 0.717) is 63.4 Å². The van der Waals surface area contributed by atoms with E-state index in [-0.39, 0.29) is 24.8 Å². The molecule has 5 N–H and O–H groups in total. The SMILES string of the molecule is CCCCCCCCCCCC[C@H](O)[C@@H]1CC[C@@H]([C@@H](O)CCC(O)CCCC(O)CCCC(O)CC2=CCOC2=O)O1. The molecule has 0 aromatic carbocycles. The molecule has 246 valence electrons. The van der Waals surface area contributed by atoms with Crippen LogP contribution >= 0.6 is 0 Å². The number of esters is 1. The monoisotopic (exact) mass is 598 g/mol. The van der Waals surface area contributed by atoms with Crippen molar-refractivity contribution < 1.29 is 39.8 Å². The standard InChI is InChI=1S/C34H62O8/c1-2-3-4-5-6-7-8-9-10-11-18-30(38)32-21-22-33(42-32)31(39)20-19-28(36)16-12-14-27(35)15-13-17-29(37)25-26-23-24-41-34(26)40/h23,27-33,35-39H,2-22,24-25H2,1H3/t27?,28?,29?,30-,31-,32-,33-/m0/s1. The average Bonchev–Trinajstić information content (AvgIpc) is 3.62. The Bertz CT molecular complexity index is 728. The van der Waals surface area contributed by atoms with E-state index in [2.05, 4.69) is 6.92 Å². The Kier molecular flexibility index (Phi) is 19.9. The fourth-order valence-electron chi connectivity index (χ4n) is 6.21. The first-order valence-corrected chi connectivity index (χ1v) is 17.2. The zero-order valence-corrected chi connectivity index (χ0v) is 26.3. The van der Waals surface area contributed by atoms with E-state index in [1.165, 1.54) is 51.4 Å². The third kappa shape index (κ3) is 16.2. The second-order valence-electron chi connectivity index (χ2n) is 12.8. The summed E-state index contributed by atoms with van der Waals surface area (Å²) in [6.07, 6.45) is 18.3. The van der Waals surface area contributed by atoms with Crippen molar-refractivity contribution in [1.82, 2.24) is 0 Å². The van der Waals surface area contributed by atoms with Gasteiger partial charge in [0.05, 0.1) is 42.7 Å². The van der Waals surface area contributed by atoms with Gasteiger partial charge in [-0.15, -0.1) is 0 Å². The lowest BCUT2D eigenvalue weighted by Gasteiger charge is -2.23. The Labute approximate surface area is 254 Å². The molecule has 0 radical (unpaired) electrons. The van der Waals surface area contributed by atoms with Gasteiger partial charge < -0.3 is 35.0 Å². The lowest BCUT2D eigenvalue weighted by atomic mass is 9.98. The Morgan fingerprint density at radius 3 is 1.69 bits per heavy atom. The number of carbonyl (C=O) groups is 1. The molecule has 0 aromatic rings. The number of cyclic esters (lactones) is 1. The van der Waals surface area contributed by atoms with Crippen LogP contribution < -0.4 is 0 Å². The van der Waals surface area contributed by atoms with Crippen LogP contribution in [0.1, 0.15) is 148 Å². The average molecular weight is 599 g/mol. The van der Waals surface area contributed by atoms with Crippen molar-refractivity contribution in [3.8, 4) is 0 Å². The van der Waals surface area contributed by atoms with Crippen molar-refractivity contribution in [1.29, 1.82) is 0 Å². The number of aliphatic hydroxyl groups is 5. The van der Waals surface area contributed by atoms with Crippen molar-refractivity contribution >= 4 is 5.97 Å². The van der Waals surface area contributed by atoms with Crippen LogP contribution in [-0.2, 0) is 14.3 Å². The second kappa shape index (κ2) is 22.5. The summed E-state index contributed by atoms with van der Waals surface area (Å²) in [6.45, 7) is 2.53. The Morgan fingerprint density at radius 1 is 0.643 bits per heavy atom. The molecule has 0 aliphatic carbocycles. The first-order valence-electron chi connectivity index (χ1n) is 17.2. The molecule has 0 saturated carbocycles. The molecule has 8 heteroatoms. The molecule has 7 atom stereocenters. The van der Waals surface area contributed by atoms with Gasteiger partial charge in [0.15, 0.2) is 0 Å². The minimum absolute atomic E-state index is 0.202. The molecule has 2 heterocycles. The molecule has 8 nitrogen and oxygen atoms in total. The van der Waals surface area contributed by atoms with Crippen LogP contribution in [0.4, 0.5) is 0 Å². The zero-order chi connectivity index (χ0) is 30.6. The van der Waals surface area contributed by atoms with Crippen LogP contribution in [0, 0.1) is 0 Å². The van der Waals surface area contributed by atoms with Crippen LogP contribution in [-0.4, -0.2) is 80.8 Å². The number of rotatable bonds is 26. The summed E-state index contributed by atoms with van der Waals surface area (Å²) in [7, 11) is 0. The minimum Gasteiger partial charge on any atom is -0.458 e. The maximum atomic E-state index is 11.4. The summed E-state index contributed by atoms with van der Waals surface area (Å²) in [6, 6.07) is 0. The molecule has 2 rings (SSSR count). The third-order valence-electron chi connectivity index (χ3n) is 9.00. The molecule has 0 bridgehead atoms. The highest BCUT2D eigenvalue weighted by Gasteiger charge is 2.34. The van der Waals surface area contributed by atoms with Crippen LogP contribution in [0.3, 0.4) is 0 Å². The minimum atomic E-state index is -0.645. The van der Waals surface area contributed by atoms with Gasteiger partial charge in [-0.05, 0) is 76.7 Å². The maximum Gasteiger partial charge on any atom is 0.334 e. The summed E-state index contributed by atoms with van der Waals surface area (Å²) in [5.74, 6) is -0.353. The molecule has 1 saturated heterocycles. The number of aliphatic hydroxyl groups excluding tert-OH is 5. The summed E-state index contributed by atoms with van der Waals surface area (Å²) < 4.78 is 10.9. The largest absolute Gasteiger partial charge is 0.458 e. The first-order chi connectivity index (χ1) is 20.3. The molecular weight excluding hydrogens is 536 g/mol. The molecule has 2 aliphatic rings. The predicted molar refractivity (Wildman–Crippen MR) is 165 cm³/mol. The van der Waals surface area contributed by atoms with E-state index in [1.54, 1.807) is 6.08 Å². The number of hydrogen-bond acceptors (Lipinski definition) is 8. The predicted octanol–water partition coefficient (Wildman–Crippen LogP) is 5.64. The van der Waals surface area contributed by atoms with E-state index < -0.39 is 30.5 Å². The van der Waals surface area contributed by atoms with Gasteiger partial charge >= 0.3 is 5.97 Å². The maximum absolute atomic E-state index is 11.4. The van der Waals surface area contributed by atoms with Gasteiger partial charge in [-0.25, -0.2) is 4.79 Å². The quantitative estimate of drug-likeness (QED) is 0.0637. The summed E-state index contributed by atoms with van der Waals surface area (Å²) >= 11 is 0. The molecule has 0 amide bonds. The van der Waals surface area contributed by atoms with Gasteiger partial charge in [0, 0.05) is 12.0 Å². The summed E-state index contributed by atoms with van der Waals surface area (Å²) in [5.41, 5.74) is 0.527. The summed E-state index contributed by atoms with van der Waals surface area (Å²) in [4.78, 5) is 11.4. The molecule has 42 heavy (non-hydrogen) atoms. The van der Waals surface area contributed by atoms with Crippen LogP contribution in [0.2, 0.25) is 0 Å². The summed E-state index contributed by atoms with van der Waals surface area (Å²) in [5, 5.41) is 51.9. The van der Waals surface area contributed by atoms with E-state index in [9.17, 15) is 30.3 Å². The van der Waals surface area contributed by atoms with E-state index >= 15 is 0 Å². The van der Waals surface area contributed by atoms with Crippen LogP contribution in [0.15, 0.2) is 11.6 Å². The first kappa shape index (κ1) is 37.2. The molecular formula is C34H62O8. The molecule has 2 aliphatic heterocycles. The smallest absolute Gasteiger partial charge is 0.334 e. The number of unbranched alkanes of at least 4 members (excludes halogenated alkanes) is 9. The lowest BCUT2D eigenvalue weighted by Crippen LogP contribution is -2.31. The Hall–Kier alpha value is -1.03. The van der Waals surface area contributed by atoms with Crippen molar-refractivity contribution in [3.05, 3.63) is 11.6 Å². The highest BCUT2D eigenvalue weighted by molar-refractivity contribution is 5.90. The number of carbonyl (C=O) groups excluding carboxylic acids is 1. The third-order valence-corrected chi connectivity index (χ3v) is 9.00. The van der Waals surface area contributed by atoms with Gasteiger partial charge in [0.2, 0.25) is 0 Å². The van der Waals surface area contributed by atoms with E-state index in [1.807, 2.05) is 0 Å². The lowest BCUT2D eigenvalue weighted by molar-refractivity contribution is -0.136. The fraction of sp³-hybridized carbons (Fsp3) is 0.912. The van der Waals surface area contributed by atoms with Crippen molar-refractivity contribution in [3.63, 3.8) is 0 Å². The van der Waals surface area contributed by atoms with Crippen molar-refractivity contribution in [2.45, 2.75) is 191 Å². The van der Waals surface area contributed by atoms with Crippen LogP contribution in [0.5, 0.6) is 0 Å². The highest BCUT2D eigenvalue weighted by Crippen LogP contribution is 2.28. The van der Waals surface area contributed by atoms with Gasteiger partial charge in [-0.1, -0.05) is 71.1 Å². The highest BCUT2D eigenvalue weighted by atomic mass is 16.5. The molecule has 1 fully saturated rings. The van der Waals surface area contributed by atoms with Crippen LogP contribution in [0.25, 0.3) is 0 Å². The molecule has 3 unspecified atom stereocenters. The van der Waals surface area contributed by atoms with Gasteiger partial charge in [0.1, 0.15) is 6.61 Å². The topological polar surface area (TPSA) is 137 Å². The number of hydrogen-bond donors (Lipinski definition) is 5. The van der Waals surface area contributed by atoms with E-state index in [0.717, 1.165) is 32.1 Å². The van der Waals surface area contributed by atoms with Crippen molar-refractivity contribution in [2.75, 3.05) is 6.61 Å². The molecule has 0 spiro atoms. The van der Waals surface area contributed by atoms with Gasteiger partial charge in [-0.2, -0.15) is 0 Å². The van der Waals surface area contributed by atoms with Gasteiger partial charge in [-0.3, -0.25) is 0 Å². The van der Waals surface area contributed by atoms with Crippen molar-refractivity contribution in [2.24, 2.45) is 0 Å². The number of ether oxygens (including phenoxy) is 2. The second-order valence-corrected chi connectivity index (χ2v) is 12.8. The normalized spacial score (nSPS) is 22.5. The van der Waals surface area contributed by atoms with Gasteiger partial charge in [0.25, 0.3) is 0 Å². The Balaban J connectivity index is 1.45.